The summed E-state index contributed by atoms with van der Waals surface area (Å²) in [4.78, 5) is 14.1. The lowest BCUT2D eigenvalue weighted by atomic mass is 10.2. The van der Waals surface area contributed by atoms with Gasteiger partial charge in [0.1, 0.15) is 6.61 Å². The molecule has 4 rings (SSSR count). The number of para-hydroxylation sites is 2. The Labute approximate surface area is 180 Å². The van der Waals surface area contributed by atoms with Gasteiger partial charge in [-0.15, -0.1) is 0 Å². The highest BCUT2D eigenvalue weighted by Crippen LogP contribution is 2.35. The largest absolute Gasteiger partial charge is 0.486 e. The van der Waals surface area contributed by atoms with Crippen molar-refractivity contribution in [2.45, 2.75) is 12.3 Å². The van der Waals surface area contributed by atoms with Gasteiger partial charge in [-0.25, -0.2) is 4.68 Å². The van der Waals surface area contributed by atoms with E-state index in [4.69, 9.17) is 21.1 Å². The Morgan fingerprint density at radius 3 is 2.55 bits per heavy atom. The monoisotopic (exact) mass is 451 g/mol. The molecule has 1 atom stereocenters. The van der Waals surface area contributed by atoms with Gasteiger partial charge in [0.2, 0.25) is 0 Å². The van der Waals surface area contributed by atoms with Gasteiger partial charge in [-0.3, -0.25) is 4.79 Å². The number of hydrogen-bond donors (Lipinski definition) is 0. The standard InChI is InChI=1S/C21H17ClF3N3O3/c1-27(11-15-12-30-17-4-2-3-5-18(17)31-15)20(29)16-10-26-28(19(16)21(23,24)25)14-8-6-13(22)7-9-14/h2-10,15H,11-12H2,1H3. The summed E-state index contributed by atoms with van der Waals surface area (Å²) in [5.74, 6) is 0.275. The van der Waals surface area contributed by atoms with Crippen LogP contribution in [0.1, 0.15) is 16.1 Å². The molecule has 0 N–H and O–H groups in total. The van der Waals surface area contributed by atoms with Crippen LogP contribution >= 0.6 is 11.6 Å². The van der Waals surface area contributed by atoms with Crippen LogP contribution < -0.4 is 9.47 Å². The number of hydrogen-bond acceptors (Lipinski definition) is 4. The maximum absolute atomic E-state index is 13.9. The van der Waals surface area contributed by atoms with Crippen molar-refractivity contribution in [3.63, 3.8) is 0 Å². The fourth-order valence-corrected chi connectivity index (χ4v) is 3.43. The molecule has 0 radical (unpaired) electrons. The number of aromatic nitrogens is 2. The van der Waals surface area contributed by atoms with Gasteiger partial charge in [-0.1, -0.05) is 23.7 Å². The van der Waals surface area contributed by atoms with Gasteiger partial charge < -0.3 is 14.4 Å². The van der Waals surface area contributed by atoms with Crippen molar-refractivity contribution in [1.82, 2.24) is 14.7 Å². The first-order chi connectivity index (χ1) is 14.7. The molecule has 6 nitrogen and oxygen atoms in total. The van der Waals surface area contributed by atoms with Gasteiger partial charge in [0.25, 0.3) is 5.91 Å². The molecule has 0 saturated heterocycles. The Hall–Kier alpha value is -3.20. The van der Waals surface area contributed by atoms with Crippen LogP contribution in [0.5, 0.6) is 11.5 Å². The third-order valence-electron chi connectivity index (χ3n) is 4.73. The van der Waals surface area contributed by atoms with E-state index in [-0.39, 0.29) is 18.8 Å². The Morgan fingerprint density at radius 1 is 1.19 bits per heavy atom. The van der Waals surface area contributed by atoms with E-state index in [9.17, 15) is 18.0 Å². The number of nitrogens with zero attached hydrogens (tertiary/aromatic N) is 3. The van der Waals surface area contributed by atoms with Crippen molar-refractivity contribution in [3.8, 4) is 17.2 Å². The summed E-state index contributed by atoms with van der Waals surface area (Å²) < 4.78 is 53.6. The summed E-state index contributed by atoms with van der Waals surface area (Å²) in [5.41, 5.74) is -1.57. The number of alkyl halides is 3. The van der Waals surface area contributed by atoms with Crippen molar-refractivity contribution in [2.24, 2.45) is 0 Å². The predicted molar refractivity (Wildman–Crippen MR) is 107 cm³/mol. The Balaban J connectivity index is 1.57. The molecule has 2 heterocycles. The topological polar surface area (TPSA) is 56.6 Å². The van der Waals surface area contributed by atoms with E-state index in [2.05, 4.69) is 5.10 Å². The number of rotatable bonds is 4. The number of amides is 1. The molecule has 1 aliphatic heterocycles. The molecule has 1 aromatic heterocycles. The van der Waals surface area contributed by atoms with Crippen molar-refractivity contribution < 1.29 is 27.4 Å². The quantitative estimate of drug-likeness (QED) is 0.588. The van der Waals surface area contributed by atoms with Crippen molar-refractivity contribution in [3.05, 3.63) is 71.0 Å². The van der Waals surface area contributed by atoms with Crippen LogP contribution in [0.4, 0.5) is 13.2 Å². The second-order valence-corrected chi connectivity index (χ2v) is 7.41. The third kappa shape index (κ3) is 4.32. The minimum Gasteiger partial charge on any atom is -0.486 e. The van der Waals surface area contributed by atoms with E-state index in [0.717, 1.165) is 6.20 Å². The van der Waals surface area contributed by atoms with Gasteiger partial charge >= 0.3 is 6.18 Å². The number of halogens is 4. The molecule has 0 aliphatic carbocycles. The average Bonchev–Trinajstić information content (AvgIpc) is 3.19. The van der Waals surface area contributed by atoms with Crippen LogP contribution in [0.3, 0.4) is 0 Å². The second-order valence-electron chi connectivity index (χ2n) is 6.98. The molecule has 1 unspecified atom stereocenters. The first-order valence-electron chi connectivity index (χ1n) is 9.29. The molecule has 1 aliphatic rings. The highest BCUT2D eigenvalue weighted by molar-refractivity contribution is 6.30. The molecule has 162 valence electrons. The highest BCUT2D eigenvalue weighted by atomic mass is 35.5. The zero-order valence-corrected chi connectivity index (χ0v) is 17.0. The number of carbonyl (C=O) groups excluding carboxylic acids is 1. The second kappa shape index (κ2) is 8.14. The van der Waals surface area contributed by atoms with E-state index in [1.807, 2.05) is 0 Å². The predicted octanol–water partition coefficient (Wildman–Crippen LogP) is 4.46. The lowest BCUT2D eigenvalue weighted by Crippen LogP contribution is -2.42. The number of fused-ring (bicyclic) bond motifs is 1. The number of carbonyl (C=O) groups is 1. The Bertz CT molecular complexity index is 1100. The Kier molecular flexibility index (Phi) is 5.53. The molecule has 0 fully saturated rings. The van der Waals surface area contributed by atoms with Crippen LogP contribution in [-0.4, -0.2) is 46.9 Å². The molecule has 0 bridgehead atoms. The van der Waals surface area contributed by atoms with E-state index in [1.54, 1.807) is 24.3 Å². The van der Waals surface area contributed by atoms with E-state index >= 15 is 0 Å². The van der Waals surface area contributed by atoms with Crippen LogP contribution in [0.15, 0.2) is 54.7 Å². The number of ether oxygens (including phenoxy) is 2. The van der Waals surface area contributed by atoms with Crippen LogP contribution in [0.2, 0.25) is 5.02 Å². The Morgan fingerprint density at radius 2 is 1.87 bits per heavy atom. The minimum atomic E-state index is -4.80. The summed E-state index contributed by atoms with van der Waals surface area (Å²) in [6.07, 6.45) is -4.40. The first-order valence-corrected chi connectivity index (χ1v) is 9.67. The van der Waals surface area contributed by atoms with Gasteiger partial charge in [-0.05, 0) is 36.4 Å². The molecule has 2 aromatic carbocycles. The minimum absolute atomic E-state index is 0.0383. The fraction of sp³-hybridized carbons (Fsp3) is 0.238. The smallest absolute Gasteiger partial charge is 0.434 e. The third-order valence-corrected chi connectivity index (χ3v) is 4.98. The SMILES string of the molecule is CN(CC1COc2ccccc2O1)C(=O)c1cnn(-c2ccc(Cl)cc2)c1C(F)(F)F. The van der Waals surface area contributed by atoms with Crippen LogP contribution in [0.25, 0.3) is 5.69 Å². The van der Waals surface area contributed by atoms with Gasteiger partial charge in [-0.2, -0.15) is 18.3 Å². The highest BCUT2D eigenvalue weighted by Gasteiger charge is 2.41. The zero-order valence-electron chi connectivity index (χ0n) is 16.3. The van der Waals surface area contributed by atoms with Gasteiger partial charge in [0, 0.05) is 12.1 Å². The van der Waals surface area contributed by atoms with Crippen molar-refractivity contribution >= 4 is 17.5 Å². The average molecular weight is 452 g/mol. The summed E-state index contributed by atoms with van der Waals surface area (Å²) in [6, 6.07) is 12.7. The lowest BCUT2D eigenvalue weighted by molar-refractivity contribution is -0.143. The molecule has 0 saturated carbocycles. The normalized spacial score (nSPS) is 15.6. The maximum atomic E-state index is 13.9. The molecule has 10 heteroatoms. The molecule has 31 heavy (non-hydrogen) atoms. The first kappa shape index (κ1) is 21.0. The van der Waals surface area contributed by atoms with E-state index in [1.165, 1.54) is 36.2 Å². The fourth-order valence-electron chi connectivity index (χ4n) is 3.30. The molecular weight excluding hydrogens is 435 g/mol. The van der Waals surface area contributed by atoms with Gasteiger partial charge in [0.05, 0.1) is 24.0 Å². The molecule has 1 amide bonds. The van der Waals surface area contributed by atoms with E-state index in [0.29, 0.717) is 21.2 Å². The summed E-state index contributed by atoms with van der Waals surface area (Å²) in [7, 11) is 1.41. The summed E-state index contributed by atoms with van der Waals surface area (Å²) >= 11 is 5.82. The number of likely N-dealkylation sites (N-methyl/N-ethyl adjacent to an activating group) is 1. The van der Waals surface area contributed by atoms with Gasteiger partial charge in [0.15, 0.2) is 23.3 Å². The lowest BCUT2D eigenvalue weighted by Gasteiger charge is -2.29. The zero-order chi connectivity index (χ0) is 22.2. The molecular formula is C21H17ClF3N3O3. The maximum Gasteiger partial charge on any atom is 0.434 e. The van der Waals surface area contributed by atoms with Crippen LogP contribution in [-0.2, 0) is 6.18 Å². The molecule has 3 aromatic rings. The van der Waals surface area contributed by atoms with E-state index < -0.39 is 29.4 Å². The summed E-state index contributed by atoms with van der Waals surface area (Å²) in [6.45, 7) is 0.210. The van der Waals surface area contributed by atoms with Crippen molar-refractivity contribution in [1.29, 1.82) is 0 Å². The molecule has 0 spiro atoms. The van der Waals surface area contributed by atoms with Crippen molar-refractivity contribution in [2.75, 3.05) is 20.2 Å². The van der Waals surface area contributed by atoms with Crippen LogP contribution in [0, 0.1) is 0 Å². The summed E-state index contributed by atoms with van der Waals surface area (Å²) in [5, 5.41) is 4.18. The number of benzene rings is 2.